The van der Waals surface area contributed by atoms with Crippen molar-refractivity contribution < 1.29 is 17.9 Å². The number of nitrogens with zero attached hydrogens (tertiary/aromatic N) is 2. The van der Waals surface area contributed by atoms with Crippen LogP contribution in [0.3, 0.4) is 0 Å². The molecule has 0 unspecified atom stereocenters. The number of sulfonamides is 1. The van der Waals surface area contributed by atoms with E-state index in [0.717, 1.165) is 11.1 Å². The molecule has 1 aromatic carbocycles. The van der Waals surface area contributed by atoms with Gasteiger partial charge in [0.05, 0.1) is 24.5 Å². The van der Waals surface area contributed by atoms with Crippen molar-refractivity contribution in [2.45, 2.75) is 11.3 Å². The van der Waals surface area contributed by atoms with Gasteiger partial charge in [0, 0.05) is 24.2 Å². The van der Waals surface area contributed by atoms with Gasteiger partial charge in [-0.05, 0) is 40.1 Å². The van der Waals surface area contributed by atoms with Crippen LogP contribution in [0.5, 0.6) is 0 Å². The number of amides is 1. The number of anilines is 1. The Morgan fingerprint density at radius 1 is 1.14 bits per heavy atom. The molecule has 0 bridgehead atoms. The lowest BCUT2D eigenvalue weighted by atomic mass is 10.1. The summed E-state index contributed by atoms with van der Waals surface area (Å²) in [6, 6.07) is 8.70. The zero-order chi connectivity index (χ0) is 20.3. The Morgan fingerprint density at radius 2 is 1.90 bits per heavy atom. The Balaban J connectivity index is 1.41. The molecule has 0 aliphatic carbocycles. The first kappa shape index (κ1) is 20.0. The summed E-state index contributed by atoms with van der Waals surface area (Å²) >= 11 is 2.76. The highest BCUT2D eigenvalue weighted by Gasteiger charge is 2.20. The molecule has 29 heavy (non-hydrogen) atoms. The van der Waals surface area contributed by atoms with E-state index in [9.17, 15) is 13.2 Å². The first-order valence-electron chi connectivity index (χ1n) is 8.97. The maximum Gasteiger partial charge on any atom is 0.263 e. The molecule has 3 heterocycles. The number of morpholine rings is 1. The molecular weight excluding hydrogens is 430 g/mol. The van der Waals surface area contributed by atoms with E-state index >= 15 is 0 Å². The third-order valence-electron chi connectivity index (χ3n) is 4.48. The number of hydrogen-bond acceptors (Lipinski definition) is 7. The van der Waals surface area contributed by atoms with Crippen molar-refractivity contribution in [3.63, 3.8) is 0 Å². The SMILES string of the molecule is O=C(Cc1cnc(NS(=O)(=O)c2ccc(-c3ccsc3)cc2)s1)N1CCOCC1. The largest absolute Gasteiger partial charge is 0.378 e. The second kappa shape index (κ2) is 8.62. The number of hydrogen-bond donors (Lipinski definition) is 1. The number of nitrogens with one attached hydrogen (secondary N) is 1. The Labute approximate surface area is 177 Å². The van der Waals surface area contributed by atoms with E-state index < -0.39 is 10.0 Å². The molecule has 1 N–H and O–H groups in total. The summed E-state index contributed by atoms with van der Waals surface area (Å²) in [7, 11) is -3.75. The molecule has 10 heteroatoms. The van der Waals surface area contributed by atoms with E-state index in [1.54, 1.807) is 46.7 Å². The monoisotopic (exact) mass is 449 g/mol. The molecule has 1 saturated heterocycles. The predicted octanol–water partition coefficient (Wildman–Crippen LogP) is 3.07. The number of aromatic nitrogens is 1. The third kappa shape index (κ3) is 4.84. The third-order valence-corrected chi connectivity index (χ3v) is 7.56. The van der Waals surface area contributed by atoms with E-state index in [0.29, 0.717) is 31.2 Å². The fraction of sp³-hybridized carbons (Fsp3) is 0.263. The van der Waals surface area contributed by atoms with E-state index in [1.807, 2.05) is 16.8 Å². The lowest BCUT2D eigenvalue weighted by Gasteiger charge is -2.26. The zero-order valence-electron chi connectivity index (χ0n) is 15.4. The number of thiazole rings is 1. The van der Waals surface area contributed by atoms with Crippen LogP contribution in [0.25, 0.3) is 11.1 Å². The molecule has 1 amide bonds. The van der Waals surface area contributed by atoms with E-state index in [-0.39, 0.29) is 22.4 Å². The van der Waals surface area contributed by atoms with Crippen LogP contribution < -0.4 is 4.72 Å². The summed E-state index contributed by atoms with van der Waals surface area (Å²) in [5.41, 5.74) is 2.02. The molecule has 0 radical (unpaired) electrons. The van der Waals surface area contributed by atoms with E-state index in [1.165, 1.54) is 11.3 Å². The average molecular weight is 450 g/mol. The molecule has 3 aromatic rings. The maximum atomic E-state index is 12.6. The van der Waals surface area contributed by atoms with Crippen LogP contribution in [-0.4, -0.2) is 50.5 Å². The highest BCUT2D eigenvalue weighted by Crippen LogP contribution is 2.26. The minimum atomic E-state index is -3.75. The normalized spacial score (nSPS) is 14.7. The van der Waals surface area contributed by atoms with Crippen molar-refractivity contribution >= 4 is 43.7 Å². The van der Waals surface area contributed by atoms with Crippen molar-refractivity contribution in [1.29, 1.82) is 0 Å². The lowest BCUT2D eigenvalue weighted by Crippen LogP contribution is -2.41. The van der Waals surface area contributed by atoms with Crippen molar-refractivity contribution in [1.82, 2.24) is 9.88 Å². The van der Waals surface area contributed by atoms with Gasteiger partial charge in [-0.3, -0.25) is 9.52 Å². The molecule has 7 nitrogen and oxygen atoms in total. The van der Waals surface area contributed by atoms with Crippen LogP contribution in [0.1, 0.15) is 4.88 Å². The van der Waals surface area contributed by atoms with Gasteiger partial charge in [-0.15, -0.1) is 11.3 Å². The lowest BCUT2D eigenvalue weighted by molar-refractivity contribution is -0.134. The predicted molar refractivity (Wildman–Crippen MR) is 114 cm³/mol. The van der Waals surface area contributed by atoms with Gasteiger partial charge >= 0.3 is 0 Å². The number of carbonyl (C=O) groups is 1. The summed E-state index contributed by atoms with van der Waals surface area (Å²) < 4.78 is 33.0. The second-order valence-electron chi connectivity index (χ2n) is 6.44. The molecular formula is C19H19N3O4S3. The average Bonchev–Trinajstić information content (AvgIpc) is 3.41. The fourth-order valence-corrected chi connectivity index (χ4v) is 5.65. The summed E-state index contributed by atoms with van der Waals surface area (Å²) in [5.74, 6) is -0.00428. The topological polar surface area (TPSA) is 88.6 Å². The summed E-state index contributed by atoms with van der Waals surface area (Å²) in [4.78, 5) is 19.1. The van der Waals surface area contributed by atoms with Crippen LogP contribution >= 0.6 is 22.7 Å². The number of benzene rings is 1. The Bertz CT molecular complexity index is 1070. The van der Waals surface area contributed by atoms with Gasteiger partial charge in [-0.1, -0.05) is 12.1 Å². The van der Waals surface area contributed by atoms with Gasteiger partial charge < -0.3 is 9.64 Å². The zero-order valence-corrected chi connectivity index (χ0v) is 17.9. The maximum absolute atomic E-state index is 12.6. The molecule has 4 rings (SSSR count). The van der Waals surface area contributed by atoms with E-state index in [4.69, 9.17) is 4.74 Å². The van der Waals surface area contributed by atoms with Gasteiger partial charge in [0.2, 0.25) is 5.91 Å². The van der Waals surface area contributed by atoms with Gasteiger partial charge in [0.15, 0.2) is 5.13 Å². The van der Waals surface area contributed by atoms with Crippen molar-refractivity contribution in [3.05, 3.63) is 52.2 Å². The van der Waals surface area contributed by atoms with Gasteiger partial charge in [0.25, 0.3) is 10.0 Å². The highest BCUT2D eigenvalue weighted by molar-refractivity contribution is 7.93. The number of ether oxygens (including phenoxy) is 1. The quantitative estimate of drug-likeness (QED) is 0.625. The number of carbonyl (C=O) groups excluding carboxylic acids is 1. The summed E-state index contributed by atoms with van der Waals surface area (Å²) in [5, 5.41) is 4.24. The summed E-state index contributed by atoms with van der Waals surface area (Å²) in [6.45, 7) is 2.26. The minimum absolute atomic E-state index is 0.00428. The fourth-order valence-electron chi connectivity index (χ4n) is 2.94. The van der Waals surface area contributed by atoms with Gasteiger partial charge in [-0.2, -0.15) is 11.3 Å². The van der Waals surface area contributed by atoms with Crippen LogP contribution in [0.2, 0.25) is 0 Å². The Kier molecular flexibility index (Phi) is 5.95. The Morgan fingerprint density at radius 3 is 2.59 bits per heavy atom. The molecule has 2 aromatic heterocycles. The molecule has 0 spiro atoms. The van der Waals surface area contributed by atoms with Gasteiger partial charge in [-0.25, -0.2) is 13.4 Å². The molecule has 152 valence electrons. The van der Waals surface area contributed by atoms with Crippen molar-refractivity contribution in [3.8, 4) is 11.1 Å². The first-order valence-corrected chi connectivity index (χ1v) is 12.2. The first-order chi connectivity index (χ1) is 14.0. The molecule has 1 aliphatic heterocycles. The van der Waals surface area contributed by atoms with Crippen molar-refractivity contribution in [2.24, 2.45) is 0 Å². The second-order valence-corrected chi connectivity index (χ2v) is 10.0. The van der Waals surface area contributed by atoms with E-state index in [2.05, 4.69) is 9.71 Å². The molecule has 0 saturated carbocycles. The van der Waals surface area contributed by atoms with Crippen LogP contribution in [0, 0.1) is 0 Å². The molecule has 0 atom stereocenters. The van der Waals surface area contributed by atoms with Crippen molar-refractivity contribution in [2.75, 3.05) is 31.0 Å². The highest BCUT2D eigenvalue weighted by atomic mass is 32.2. The van der Waals surface area contributed by atoms with Gasteiger partial charge in [0.1, 0.15) is 0 Å². The van der Waals surface area contributed by atoms with Crippen LogP contribution in [-0.2, 0) is 26.0 Å². The number of thiophene rings is 1. The Hall–Kier alpha value is -2.27. The smallest absolute Gasteiger partial charge is 0.263 e. The van der Waals surface area contributed by atoms with Crippen LogP contribution in [0.4, 0.5) is 5.13 Å². The number of rotatable bonds is 6. The minimum Gasteiger partial charge on any atom is -0.378 e. The summed E-state index contributed by atoms with van der Waals surface area (Å²) in [6.07, 6.45) is 1.75. The molecule has 1 fully saturated rings. The standard InChI is InChI=1S/C19H19N3O4S3/c23-18(22-6-8-26-9-7-22)11-16-12-20-19(28-16)21-29(24,25)17-3-1-14(2-4-17)15-5-10-27-13-15/h1-5,10,12-13H,6-9,11H2,(H,20,21). The van der Waals surface area contributed by atoms with Crippen LogP contribution in [0.15, 0.2) is 52.2 Å². The molecule has 1 aliphatic rings.